The Bertz CT molecular complexity index is 550. The molecule has 1 heterocycles. The van der Waals surface area contributed by atoms with Gasteiger partial charge >= 0.3 is 0 Å². The fourth-order valence-electron chi connectivity index (χ4n) is 2.02. The number of hydrogen-bond donors (Lipinski definition) is 2. The number of nitrogens with one attached hydrogen (secondary N) is 1. The van der Waals surface area contributed by atoms with Crippen LogP contribution < -0.4 is 11.3 Å². The molecule has 1 aromatic heterocycles. The second kappa shape index (κ2) is 6.05. The summed E-state index contributed by atoms with van der Waals surface area (Å²) < 4.78 is 2.91. The van der Waals surface area contributed by atoms with E-state index in [0.29, 0.717) is 5.02 Å². The second-order valence-electron chi connectivity index (χ2n) is 4.57. The van der Waals surface area contributed by atoms with Crippen LogP contribution in [0.3, 0.4) is 0 Å². The van der Waals surface area contributed by atoms with Crippen LogP contribution in [-0.4, -0.2) is 9.78 Å². The van der Waals surface area contributed by atoms with Crippen molar-refractivity contribution >= 4 is 27.5 Å². The summed E-state index contributed by atoms with van der Waals surface area (Å²) in [5, 5.41) is 4.92. The smallest absolute Gasteiger partial charge is 0.0893 e. The molecule has 0 aliphatic rings. The Hall–Kier alpha value is -0.880. The zero-order valence-corrected chi connectivity index (χ0v) is 13.1. The van der Waals surface area contributed by atoms with Gasteiger partial charge in [0.2, 0.25) is 0 Å². The maximum atomic E-state index is 6.26. The van der Waals surface area contributed by atoms with Gasteiger partial charge in [0.05, 0.1) is 23.0 Å². The van der Waals surface area contributed by atoms with Crippen LogP contribution in [0.25, 0.3) is 0 Å². The SMILES string of the molecule is CC(C)n1ncc(Cl)c1C(NN)c1ccc(Br)cc1. The number of benzene rings is 1. The quantitative estimate of drug-likeness (QED) is 0.660. The number of rotatable bonds is 4. The molecule has 0 radical (unpaired) electrons. The van der Waals surface area contributed by atoms with Crippen molar-refractivity contribution in [2.75, 3.05) is 0 Å². The molecule has 0 spiro atoms. The first-order valence-corrected chi connectivity index (χ1v) is 7.16. The van der Waals surface area contributed by atoms with E-state index in [-0.39, 0.29) is 12.1 Å². The van der Waals surface area contributed by atoms with Gasteiger partial charge in [-0.3, -0.25) is 10.5 Å². The third kappa shape index (κ3) is 3.00. The van der Waals surface area contributed by atoms with Crippen LogP contribution in [-0.2, 0) is 0 Å². The summed E-state index contributed by atoms with van der Waals surface area (Å²) in [4.78, 5) is 0. The monoisotopic (exact) mass is 342 g/mol. The van der Waals surface area contributed by atoms with Crippen LogP contribution in [0, 0.1) is 0 Å². The van der Waals surface area contributed by atoms with Crippen LogP contribution in [0.2, 0.25) is 5.02 Å². The Kier molecular flexibility index (Phi) is 4.62. The molecule has 0 aliphatic carbocycles. The van der Waals surface area contributed by atoms with Crippen molar-refractivity contribution in [2.45, 2.75) is 25.9 Å². The summed E-state index contributed by atoms with van der Waals surface area (Å²) in [7, 11) is 0. The van der Waals surface area contributed by atoms with Crippen molar-refractivity contribution in [3.8, 4) is 0 Å². The third-order valence-corrected chi connectivity index (χ3v) is 3.74. The van der Waals surface area contributed by atoms with Crippen molar-refractivity contribution in [1.82, 2.24) is 15.2 Å². The van der Waals surface area contributed by atoms with Crippen molar-refractivity contribution in [3.05, 3.63) is 51.2 Å². The summed E-state index contributed by atoms with van der Waals surface area (Å²) in [6.07, 6.45) is 1.65. The minimum absolute atomic E-state index is 0.189. The Morgan fingerprint density at radius 3 is 2.47 bits per heavy atom. The van der Waals surface area contributed by atoms with Crippen LogP contribution in [0.15, 0.2) is 34.9 Å². The number of nitrogens with two attached hydrogens (primary N) is 1. The lowest BCUT2D eigenvalue weighted by Gasteiger charge is -2.20. The lowest BCUT2D eigenvalue weighted by atomic mass is 10.0. The fourth-order valence-corrected chi connectivity index (χ4v) is 2.52. The molecule has 1 atom stereocenters. The highest BCUT2D eigenvalue weighted by molar-refractivity contribution is 9.10. The number of aromatic nitrogens is 2. The van der Waals surface area contributed by atoms with Crippen LogP contribution in [0.1, 0.15) is 37.2 Å². The maximum Gasteiger partial charge on any atom is 0.0893 e. The molecule has 102 valence electrons. The number of nitrogens with zero attached hydrogens (tertiary/aromatic N) is 2. The predicted octanol–water partition coefficient (Wildman–Crippen LogP) is 3.43. The Morgan fingerprint density at radius 1 is 1.32 bits per heavy atom. The van der Waals surface area contributed by atoms with Gasteiger partial charge in [-0.1, -0.05) is 39.7 Å². The van der Waals surface area contributed by atoms with E-state index in [9.17, 15) is 0 Å². The van der Waals surface area contributed by atoms with E-state index in [1.165, 1.54) is 0 Å². The standard InChI is InChI=1S/C13H16BrClN4/c1-8(2)19-13(11(15)7-17-19)12(18-16)9-3-5-10(14)6-4-9/h3-8,12,18H,16H2,1-2H3. The summed E-state index contributed by atoms with van der Waals surface area (Å²) in [6, 6.07) is 7.98. The molecule has 0 amide bonds. The molecular weight excluding hydrogens is 328 g/mol. The van der Waals surface area contributed by atoms with Gasteiger partial charge in [0.25, 0.3) is 0 Å². The first-order chi connectivity index (χ1) is 9.04. The zero-order chi connectivity index (χ0) is 14.0. The third-order valence-electron chi connectivity index (χ3n) is 2.92. The predicted molar refractivity (Wildman–Crippen MR) is 80.9 cm³/mol. The van der Waals surface area contributed by atoms with Crippen LogP contribution in [0.5, 0.6) is 0 Å². The molecule has 19 heavy (non-hydrogen) atoms. The van der Waals surface area contributed by atoms with Gasteiger partial charge in [-0.15, -0.1) is 0 Å². The van der Waals surface area contributed by atoms with Crippen LogP contribution >= 0.6 is 27.5 Å². The molecule has 0 aliphatic heterocycles. The van der Waals surface area contributed by atoms with Gasteiger partial charge in [0.15, 0.2) is 0 Å². The normalized spacial score (nSPS) is 12.9. The number of halogens is 2. The average Bonchev–Trinajstić information content (AvgIpc) is 2.75. The molecule has 3 N–H and O–H groups in total. The largest absolute Gasteiger partial charge is 0.271 e. The van der Waals surface area contributed by atoms with E-state index >= 15 is 0 Å². The number of hydrazine groups is 1. The summed E-state index contributed by atoms with van der Waals surface area (Å²) in [5.41, 5.74) is 4.73. The van der Waals surface area contributed by atoms with Gasteiger partial charge < -0.3 is 0 Å². The maximum absolute atomic E-state index is 6.26. The van der Waals surface area contributed by atoms with Crippen molar-refractivity contribution in [1.29, 1.82) is 0 Å². The van der Waals surface area contributed by atoms with E-state index < -0.39 is 0 Å². The first-order valence-electron chi connectivity index (χ1n) is 5.99. The molecule has 2 aromatic rings. The summed E-state index contributed by atoms with van der Waals surface area (Å²) in [6.45, 7) is 4.12. The first kappa shape index (κ1) is 14.5. The van der Waals surface area contributed by atoms with Gasteiger partial charge in [0, 0.05) is 10.5 Å². The van der Waals surface area contributed by atoms with Gasteiger partial charge in [-0.05, 0) is 31.5 Å². The second-order valence-corrected chi connectivity index (χ2v) is 5.89. The Balaban J connectivity index is 2.47. The molecule has 2 rings (SSSR count). The van der Waals surface area contributed by atoms with Gasteiger partial charge in [0.1, 0.15) is 0 Å². The van der Waals surface area contributed by atoms with E-state index in [0.717, 1.165) is 15.7 Å². The minimum Gasteiger partial charge on any atom is -0.271 e. The van der Waals surface area contributed by atoms with Crippen molar-refractivity contribution in [3.63, 3.8) is 0 Å². The lowest BCUT2D eigenvalue weighted by Crippen LogP contribution is -2.31. The molecule has 1 unspecified atom stereocenters. The molecule has 0 bridgehead atoms. The lowest BCUT2D eigenvalue weighted by molar-refractivity contribution is 0.476. The fraction of sp³-hybridized carbons (Fsp3) is 0.308. The molecular formula is C13H16BrClN4. The Labute approximate surface area is 126 Å². The van der Waals surface area contributed by atoms with Crippen LogP contribution in [0.4, 0.5) is 0 Å². The van der Waals surface area contributed by atoms with Gasteiger partial charge in [-0.2, -0.15) is 5.10 Å². The highest BCUT2D eigenvalue weighted by Gasteiger charge is 2.22. The van der Waals surface area contributed by atoms with E-state index in [1.807, 2.05) is 28.9 Å². The highest BCUT2D eigenvalue weighted by Crippen LogP contribution is 2.30. The van der Waals surface area contributed by atoms with E-state index in [4.69, 9.17) is 17.4 Å². The van der Waals surface area contributed by atoms with Gasteiger partial charge in [-0.25, -0.2) is 5.43 Å². The topological polar surface area (TPSA) is 55.9 Å². The zero-order valence-electron chi connectivity index (χ0n) is 10.8. The molecule has 6 heteroatoms. The molecule has 0 saturated carbocycles. The Morgan fingerprint density at radius 2 is 1.95 bits per heavy atom. The summed E-state index contributed by atoms with van der Waals surface area (Å²) >= 11 is 9.68. The molecule has 4 nitrogen and oxygen atoms in total. The molecule has 0 saturated heterocycles. The highest BCUT2D eigenvalue weighted by atomic mass is 79.9. The van der Waals surface area contributed by atoms with E-state index in [1.54, 1.807) is 6.20 Å². The molecule has 1 aromatic carbocycles. The van der Waals surface area contributed by atoms with Crippen molar-refractivity contribution in [2.24, 2.45) is 5.84 Å². The molecule has 0 fully saturated rings. The van der Waals surface area contributed by atoms with E-state index in [2.05, 4.69) is 40.3 Å². The minimum atomic E-state index is -0.189. The average molecular weight is 344 g/mol. The number of hydrogen-bond acceptors (Lipinski definition) is 3. The summed E-state index contributed by atoms with van der Waals surface area (Å²) in [5.74, 6) is 5.71. The van der Waals surface area contributed by atoms with Crippen molar-refractivity contribution < 1.29 is 0 Å².